The summed E-state index contributed by atoms with van der Waals surface area (Å²) in [5, 5.41) is 6.50. The molecule has 1 unspecified atom stereocenters. The van der Waals surface area contributed by atoms with E-state index in [2.05, 4.69) is 28.8 Å². The number of nitrogens with one attached hydrogen (secondary N) is 2. The summed E-state index contributed by atoms with van der Waals surface area (Å²) < 4.78 is 0. The second-order valence-corrected chi connectivity index (χ2v) is 5.03. The minimum absolute atomic E-state index is 0.184. The number of rotatable bonds is 3. The Morgan fingerprint density at radius 2 is 2.18 bits per heavy atom. The maximum absolute atomic E-state index is 11.9. The zero-order valence-corrected chi connectivity index (χ0v) is 9.91. The lowest BCUT2D eigenvalue weighted by Crippen LogP contribution is -2.40. The summed E-state index contributed by atoms with van der Waals surface area (Å²) in [4.78, 5) is 11.9. The third-order valence-electron chi connectivity index (χ3n) is 3.83. The number of fused-ring (bicyclic) bond motifs is 1. The van der Waals surface area contributed by atoms with Crippen LogP contribution in [-0.2, 0) is 11.3 Å². The normalized spacial score (nSPS) is 22.9. The van der Waals surface area contributed by atoms with E-state index in [1.54, 1.807) is 0 Å². The first-order chi connectivity index (χ1) is 8.33. The molecular weight excluding hydrogens is 212 g/mol. The lowest BCUT2D eigenvalue weighted by molar-refractivity contribution is -0.122. The second kappa shape index (κ2) is 4.49. The summed E-state index contributed by atoms with van der Waals surface area (Å²) in [6.07, 6.45) is 4.13. The van der Waals surface area contributed by atoms with Crippen molar-refractivity contribution < 1.29 is 4.79 Å². The van der Waals surface area contributed by atoms with Crippen LogP contribution in [0.25, 0.3) is 0 Å². The van der Waals surface area contributed by atoms with Crippen LogP contribution < -0.4 is 10.6 Å². The van der Waals surface area contributed by atoms with Crippen LogP contribution in [0.4, 0.5) is 0 Å². The highest BCUT2D eigenvalue weighted by atomic mass is 16.1. The molecule has 1 aromatic rings. The molecule has 17 heavy (non-hydrogen) atoms. The lowest BCUT2D eigenvalue weighted by Gasteiger charge is -2.27. The summed E-state index contributed by atoms with van der Waals surface area (Å²) in [6.45, 7) is 0.886. The number of benzene rings is 1. The van der Waals surface area contributed by atoms with Gasteiger partial charge in [0.25, 0.3) is 0 Å². The van der Waals surface area contributed by atoms with Crippen LogP contribution in [0.1, 0.15) is 42.9 Å². The smallest absolute Gasteiger partial charge is 0.222 e. The Morgan fingerprint density at radius 1 is 1.35 bits per heavy atom. The summed E-state index contributed by atoms with van der Waals surface area (Å²) >= 11 is 0. The van der Waals surface area contributed by atoms with Crippen LogP contribution >= 0.6 is 0 Å². The standard InChI is InChI=1S/C14H18N2O/c17-14(16-11-5-3-6-11)8-13-12-7-2-1-4-10(12)9-15-13/h1-2,4,7,11,13,15H,3,5-6,8-9H2,(H,16,17). The average molecular weight is 230 g/mol. The molecule has 1 aliphatic carbocycles. The quantitative estimate of drug-likeness (QED) is 0.832. The second-order valence-electron chi connectivity index (χ2n) is 5.03. The third kappa shape index (κ3) is 2.20. The maximum atomic E-state index is 11.9. The largest absolute Gasteiger partial charge is 0.353 e. The molecule has 1 saturated carbocycles. The first-order valence-electron chi connectivity index (χ1n) is 6.43. The van der Waals surface area contributed by atoms with E-state index in [1.165, 1.54) is 17.5 Å². The number of carbonyl (C=O) groups is 1. The topological polar surface area (TPSA) is 41.1 Å². The predicted molar refractivity (Wildman–Crippen MR) is 66.4 cm³/mol. The van der Waals surface area contributed by atoms with Gasteiger partial charge < -0.3 is 10.6 Å². The molecule has 2 aliphatic rings. The molecule has 90 valence electrons. The highest BCUT2D eigenvalue weighted by molar-refractivity contribution is 5.77. The Hall–Kier alpha value is -1.35. The van der Waals surface area contributed by atoms with E-state index in [0.29, 0.717) is 12.5 Å². The molecule has 1 heterocycles. The molecule has 1 aliphatic heterocycles. The van der Waals surface area contributed by atoms with Crippen LogP contribution in [0, 0.1) is 0 Å². The van der Waals surface area contributed by atoms with Crippen molar-refractivity contribution in [2.45, 2.75) is 44.3 Å². The van der Waals surface area contributed by atoms with Gasteiger partial charge >= 0.3 is 0 Å². The van der Waals surface area contributed by atoms with Crippen molar-refractivity contribution in [1.29, 1.82) is 0 Å². The molecule has 0 spiro atoms. The fourth-order valence-electron chi connectivity index (χ4n) is 2.58. The van der Waals surface area contributed by atoms with Gasteiger partial charge in [-0.3, -0.25) is 4.79 Å². The minimum Gasteiger partial charge on any atom is -0.353 e. The first-order valence-corrected chi connectivity index (χ1v) is 6.43. The van der Waals surface area contributed by atoms with Gasteiger partial charge in [0.1, 0.15) is 0 Å². The summed E-state index contributed by atoms with van der Waals surface area (Å²) in [5.74, 6) is 0.184. The van der Waals surface area contributed by atoms with Gasteiger partial charge in [-0.25, -0.2) is 0 Å². The molecule has 1 amide bonds. The molecular formula is C14H18N2O. The van der Waals surface area contributed by atoms with Gasteiger partial charge in [0.2, 0.25) is 5.91 Å². The van der Waals surface area contributed by atoms with Crippen molar-refractivity contribution in [1.82, 2.24) is 10.6 Å². The van der Waals surface area contributed by atoms with Gasteiger partial charge in [0.05, 0.1) is 0 Å². The van der Waals surface area contributed by atoms with Gasteiger partial charge in [0, 0.05) is 25.0 Å². The Bertz CT molecular complexity index is 426. The van der Waals surface area contributed by atoms with Crippen molar-refractivity contribution in [3.05, 3.63) is 35.4 Å². The summed E-state index contributed by atoms with van der Waals surface area (Å²) in [5.41, 5.74) is 2.62. The van der Waals surface area contributed by atoms with Gasteiger partial charge in [-0.1, -0.05) is 24.3 Å². The summed E-state index contributed by atoms with van der Waals surface area (Å²) in [7, 11) is 0. The molecule has 3 nitrogen and oxygen atoms in total. The van der Waals surface area contributed by atoms with Gasteiger partial charge in [-0.15, -0.1) is 0 Å². The zero-order valence-electron chi connectivity index (χ0n) is 9.91. The number of amides is 1. The van der Waals surface area contributed by atoms with Crippen LogP contribution in [0.2, 0.25) is 0 Å². The van der Waals surface area contributed by atoms with Gasteiger partial charge in [-0.2, -0.15) is 0 Å². The van der Waals surface area contributed by atoms with Crippen LogP contribution in [0.3, 0.4) is 0 Å². The molecule has 0 saturated heterocycles. The van der Waals surface area contributed by atoms with Crippen molar-refractivity contribution in [2.24, 2.45) is 0 Å². The van der Waals surface area contributed by atoms with E-state index >= 15 is 0 Å². The van der Waals surface area contributed by atoms with Crippen molar-refractivity contribution in [2.75, 3.05) is 0 Å². The molecule has 0 radical (unpaired) electrons. The molecule has 0 aromatic heterocycles. The fraction of sp³-hybridized carbons (Fsp3) is 0.500. The molecule has 0 bridgehead atoms. The molecule has 2 N–H and O–H groups in total. The zero-order chi connectivity index (χ0) is 11.7. The van der Waals surface area contributed by atoms with Crippen molar-refractivity contribution in [3.8, 4) is 0 Å². The maximum Gasteiger partial charge on any atom is 0.222 e. The van der Waals surface area contributed by atoms with E-state index in [9.17, 15) is 4.79 Å². The minimum atomic E-state index is 0.184. The Balaban J connectivity index is 1.60. The monoisotopic (exact) mass is 230 g/mol. The number of hydrogen-bond acceptors (Lipinski definition) is 2. The lowest BCUT2D eigenvalue weighted by atomic mass is 9.93. The third-order valence-corrected chi connectivity index (χ3v) is 3.83. The van der Waals surface area contributed by atoms with E-state index in [0.717, 1.165) is 19.4 Å². The Labute approximate surface area is 102 Å². The van der Waals surface area contributed by atoms with Gasteiger partial charge in [0.15, 0.2) is 0 Å². The van der Waals surface area contributed by atoms with E-state index < -0.39 is 0 Å². The average Bonchev–Trinajstić information content (AvgIpc) is 2.68. The molecule has 3 heteroatoms. The molecule has 1 aromatic carbocycles. The van der Waals surface area contributed by atoms with E-state index in [4.69, 9.17) is 0 Å². The number of carbonyl (C=O) groups excluding carboxylic acids is 1. The predicted octanol–water partition coefficient (Wildman–Crippen LogP) is 1.89. The molecule has 1 atom stereocenters. The highest BCUT2D eigenvalue weighted by Crippen LogP contribution is 2.27. The molecule has 3 rings (SSSR count). The first kappa shape index (κ1) is 10.8. The fourth-order valence-corrected chi connectivity index (χ4v) is 2.58. The Morgan fingerprint density at radius 3 is 2.94 bits per heavy atom. The van der Waals surface area contributed by atoms with E-state index in [-0.39, 0.29) is 11.9 Å². The Kier molecular flexibility index (Phi) is 2.85. The summed E-state index contributed by atoms with van der Waals surface area (Å²) in [6, 6.07) is 8.99. The van der Waals surface area contributed by atoms with Crippen LogP contribution in [0.15, 0.2) is 24.3 Å². The van der Waals surface area contributed by atoms with Crippen LogP contribution in [0.5, 0.6) is 0 Å². The van der Waals surface area contributed by atoms with Crippen LogP contribution in [-0.4, -0.2) is 11.9 Å². The van der Waals surface area contributed by atoms with Crippen molar-refractivity contribution in [3.63, 3.8) is 0 Å². The van der Waals surface area contributed by atoms with Gasteiger partial charge in [-0.05, 0) is 30.4 Å². The highest BCUT2D eigenvalue weighted by Gasteiger charge is 2.25. The van der Waals surface area contributed by atoms with E-state index in [1.807, 2.05) is 6.07 Å². The SMILES string of the molecule is O=C(CC1NCc2ccccc21)NC1CCC1. The van der Waals surface area contributed by atoms with Crippen molar-refractivity contribution >= 4 is 5.91 Å². The molecule has 1 fully saturated rings. The number of hydrogen-bond donors (Lipinski definition) is 2.